The van der Waals surface area contributed by atoms with Gasteiger partial charge in [0.1, 0.15) is 11.7 Å². The molecule has 0 bridgehead atoms. The van der Waals surface area contributed by atoms with Crippen LogP contribution in [0.3, 0.4) is 0 Å². The van der Waals surface area contributed by atoms with E-state index in [-0.39, 0.29) is 36.9 Å². The van der Waals surface area contributed by atoms with Crippen LogP contribution in [0.15, 0.2) is 52.6 Å². The predicted molar refractivity (Wildman–Crippen MR) is 101 cm³/mol. The zero-order valence-corrected chi connectivity index (χ0v) is 15.7. The van der Waals surface area contributed by atoms with Gasteiger partial charge in [0, 0.05) is 19.3 Å². The Bertz CT molecular complexity index is 983. The molecule has 2 heterocycles. The first-order chi connectivity index (χ1) is 13.2. The summed E-state index contributed by atoms with van der Waals surface area (Å²) in [4.78, 5) is 25.7. The Morgan fingerprint density at radius 1 is 1.25 bits per heavy atom. The van der Waals surface area contributed by atoms with Gasteiger partial charge in [-0.25, -0.2) is 12.8 Å². The number of hydrogen-bond acceptors (Lipinski definition) is 5. The predicted octanol–water partition coefficient (Wildman–Crippen LogP) is 0.0835. The van der Waals surface area contributed by atoms with Crippen molar-refractivity contribution in [2.45, 2.75) is 6.42 Å². The second kappa shape index (κ2) is 7.93. The van der Waals surface area contributed by atoms with Crippen molar-refractivity contribution in [2.75, 3.05) is 18.8 Å². The summed E-state index contributed by atoms with van der Waals surface area (Å²) < 4.78 is 39.7. The van der Waals surface area contributed by atoms with E-state index in [1.54, 1.807) is 17.0 Å². The highest BCUT2D eigenvalue weighted by molar-refractivity contribution is 7.90. The molecule has 0 fully saturated rings. The van der Waals surface area contributed by atoms with Gasteiger partial charge >= 0.3 is 0 Å². The summed E-state index contributed by atoms with van der Waals surface area (Å²) >= 11 is 0. The Morgan fingerprint density at radius 3 is 2.64 bits per heavy atom. The van der Waals surface area contributed by atoms with E-state index in [0.717, 1.165) is 5.56 Å². The SMILES string of the molecule is NC(=O)C(CNC(=O)C1=CN2CCS(=O)(=O)N=C2C=C1)Cc1ccc(F)cc1. The van der Waals surface area contributed by atoms with Crippen LogP contribution in [0.25, 0.3) is 0 Å². The van der Waals surface area contributed by atoms with E-state index in [1.165, 1.54) is 30.5 Å². The number of nitrogens with zero attached hydrogens (tertiary/aromatic N) is 2. The highest BCUT2D eigenvalue weighted by atomic mass is 32.2. The van der Waals surface area contributed by atoms with Crippen molar-refractivity contribution in [2.24, 2.45) is 16.0 Å². The molecule has 0 aliphatic carbocycles. The first-order valence-corrected chi connectivity index (χ1v) is 10.2. The van der Waals surface area contributed by atoms with Gasteiger partial charge in [-0.2, -0.15) is 0 Å². The zero-order chi connectivity index (χ0) is 20.3. The molecule has 3 N–H and O–H groups in total. The van der Waals surface area contributed by atoms with Crippen LogP contribution < -0.4 is 11.1 Å². The third-order valence-corrected chi connectivity index (χ3v) is 5.56. The number of carbonyl (C=O) groups excluding carboxylic acids is 2. The van der Waals surface area contributed by atoms with E-state index in [4.69, 9.17) is 5.73 Å². The number of carbonyl (C=O) groups is 2. The highest BCUT2D eigenvalue weighted by Crippen LogP contribution is 2.16. The molecule has 1 atom stereocenters. The maximum absolute atomic E-state index is 13.0. The number of amides is 2. The lowest BCUT2D eigenvalue weighted by atomic mass is 9.98. The summed E-state index contributed by atoms with van der Waals surface area (Å²) in [5.41, 5.74) is 6.46. The number of primary amides is 1. The lowest BCUT2D eigenvalue weighted by molar-refractivity contribution is -0.122. The van der Waals surface area contributed by atoms with Crippen molar-refractivity contribution in [3.8, 4) is 0 Å². The molecule has 2 aliphatic heterocycles. The topological polar surface area (TPSA) is 122 Å². The second-order valence-corrected chi connectivity index (χ2v) is 8.24. The van der Waals surface area contributed by atoms with E-state index in [2.05, 4.69) is 9.71 Å². The van der Waals surface area contributed by atoms with E-state index >= 15 is 0 Å². The molecule has 0 spiro atoms. The Morgan fingerprint density at radius 2 is 1.96 bits per heavy atom. The molecule has 1 aromatic rings. The molecule has 1 aromatic carbocycles. The molecule has 1 unspecified atom stereocenters. The standard InChI is InChI=1S/C18H19FN4O4S/c19-15-4-1-12(2-5-15)9-14(17(20)24)10-21-18(25)13-3-6-16-22-28(26,27)8-7-23(16)11-13/h1-6,11,14H,7-10H2,(H2,20,24)(H,21,25). The normalized spacial score (nSPS) is 18.5. The monoisotopic (exact) mass is 406 g/mol. The minimum Gasteiger partial charge on any atom is -0.369 e. The van der Waals surface area contributed by atoms with Gasteiger partial charge in [0.15, 0.2) is 0 Å². The van der Waals surface area contributed by atoms with Crippen LogP contribution in [0.2, 0.25) is 0 Å². The number of sulfonamides is 1. The molecule has 2 amide bonds. The number of amidine groups is 1. The molecular formula is C18H19FN4O4S. The van der Waals surface area contributed by atoms with Crippen LogP contribution in [-0.2, 0) is 26.0 Å². The second-order valence-electron chi connectivity index (χ2n) is 6.49. The third kappa shape index (κ3) is 4.83. The molecular weight excluding hydrogens is 387 g/mol. The maximum Gasteiger partial charge on any atom is 0.256 e. The highest BCUT2D eigenvalue weighted by Gasteiger charge is 2.25. The molecule has 0 saturated carbocycles. The number of halogens is 1. The molecule has 0 aromatic heterocycles. The largest absolute Gasteiger partial charge is 0.369 e. The zero-order valence-electron chi connectivity index (χ0n) is 14.8. The molecule has 28 heavy (non-hydrogen) atoms. The summed E-state index contributed by atoms with van der Waals surface area (Å²) in [5, 5.41) is 2.66. The fraction of sp³-hybridized carbons (Fsp3) is 0.278. The van der Waals surface area contributed by atoms with Gasteiger partial charge in [0.2, 0.25) is 5.91 Å². The van der Waals surface area contributed by atoms with Crippen LogP contribution in [0.1, 0.15) is 5.56 Å². The molecule has 0 radical (unpaired) electrons. The van der Waals surface area contributed by atoms with Crippen molar-refractivity contribution in [3.63, 3.8) is 0 Å². The van der Waals surface area contributed by atoms with Gasteiger partial charge in [-0.3, -0.25) is 9.59 Å². The summed E-state index contributed by atoms with van der Waals surface area (Å²) in [6.45, 7) is 0.225. The van der Waals surface area contributed by atoms with E-state index in [1.807, 2.05) is 0 Å². The Kier molecular flexibility index (Phi) is 5.59. The van der Waals surface area contributed by atoms with Crippen LogP contribution in [-0.4, -0.2) is 49.8 Å². The van der Waals surface area contributed by atoms with Crippen LogP contribution in [0.4, 0.5) is 4.39 Å². The van der Waals surface area contributed by atoms with E-state index in [0.29, 0.717) is 5.57 Å². The van der Waals surface area contributed by atoms with Gasteiger partial charge in [-0.1, -0.05) is 12.1 Å². The van der Waals surface area contributed by atoms with Crippen molar-refractivity contribution in [3.05, 3.63) is 59.6 Å². The molecule has 10 heteroatoms. The summed E-state index contributed by atoms with van der Waals surface area (Å²) in [5.74, 6) is -1.90. The molecule has 2 aliphatic rings. The minimum absolute atomic E-state index is 0.0199. The number of benzene rings is 1. The third-order valence-electron chi connectivity index (χ3n) is 4.39. The summed E-state index contributed by atoms with van der Waals surface area (Å²) in [6, 6.07) is 5.71. The minimum atomic E-state index is -3.46. The summed E-state index contributed by atoms with van der Waals surface area (Å²) in [7, 11) is -3.46. The molecule has 148 valence electrons. The Balaban J connectivity index is 1.62. The number of nitrogens with two attached hydrogens (primary N) is 1. The lowest BCUT2D eigenvalue weighted by Gasteiger charge is -2.27. The fourth-order valence-corrected chi connectivity index (χ4v) is 3.80. The van der Waals surface area contributed by atoms with E-state index in [9.17, 15) is 22.4 Å². The van der Waals surface area contributed by atoms with Crippen LogP contribution in [0.5, 0.6) is 0 Å². The lowest BCUT2D eigenvalue weighted by Crippen LogP contribution is -2.40. The molecule has 8 nitrogen and oxygen atoms in total. The van der Waals surface area contributed by atoms with Crippen LogP contribution in [0, 0.1) is 11.7 Å². The smallest absolute Gasteiger partial charge is 0.256 e. The number of nitrogens with one attached hydrogen (secondary N) is 1. The average molecular weight is 406 g/mol. The van der Waals surface area contributed by atoms with Crippen molar-refractivity contribution < 1.29 is 22.4 Å². The van der Waals surface area contributed by atoms with Gasteiger partial charge in [0.25, 0.3) is 15.9 Å². The fourth-order valence-electron chi connectivity index (χ4n) is 2.83. The first kappa shape index (κ1) is 19.7. The van der Waals surface area contributed by atoms with Crippen molar-refractivity contribution in [1.29, 1.82) is 0 Å². The molecule has 0 saturated heterocycles. The quantitative estimate of drug-likeness (QED) is 0.693. The Labute approximate surface area is 161 Å². The van der Waals surface area contributed by atoms with Crippen LogP contribution >= 0.6 is 0 Å². The maximum atomic E-state index is 13.0. The van der Waals surface area contributed by atoms with Gasteiger partial charge in [0.05, 0.1) is 17.2 Å². The van der Waals surface area contributed by atoms with Gasteiger partial charge in [-0.05, 0) is 36.3 Å². The number of rotatable bonds is 6. The number of fused-ring (bicyclic) bond motifs is 1. The van der Waals surface area contributed by atoms with Gasteiger partial charge in [-0.15, -0.1) is 4.40 Å². The summed E-state index contributed by atoms with van der Waals surface area (Å²) in [6.07, 6.45) is 4.70. The van der Waals surface area contributed by atoms with Gasteiger partial charge < -0.3 is 16.0 Å². The average Bonchev–Trinajstić information content (AvgIpc) is 2.65. The first-order valence-electron chi connectivity index (χ1n) is 8.55. The number of hydrogen-bond donors (Lipinski definition) is 2. The van der Waals surface area contributed by atoms with E-state index < -0.39 is 27.8 Å². The molecule has 3 rings (SSSR count). The van der Waals surface area contributed by atoms with Crippen molar-refractivity contribution in [1.82, 2.24) is 10.2 Å². The Hall–Kier alpha value is -3.01. The van der Waals surface area contributed by atoms with Crippen molar-refractivity contribution >= 4 is 27.7 Å².